The molecule has 0 unspecified atom stereocenters. The lowest BCUT2D eigenvalue weighted by Gasteiger charge is -2.36. The first-order valence-corrected chi connectivity index (χ1v) is 9.89. The molecule has 0 spiro atoms. The van der Waals surface area contributed by atoms with E-state index in [0.717, 1.165) is 12.8 Å². The number of halogens is 3. The zero-order valence-electron chi connectivity index (χ0n) is 16.9. The normalized spacial score (nSPS) is 24.7. The Balaban J connectivity index is 2.13. The monoisotopic (exact) mass is 397 g/mol. The van der Waals surface area contributed by atoms with Crippen molar-refractivity contribution >= 4 is 5.97 Å². The fourth-order valence-electron chi connectivity index (χ4n) is 3.81. The number of nitrogens with one attached hydrogen (secondary N) is 1. The van der Waals surface area contributed by atoms with Crippen LogP contribution < -0.4 is 5.32 Å². The van der Waals surface area contributed by atoms with Gasteiger partial charge in [0, 0.05) is 6.04 Å². The van der Waals surface area contributed by atoms with Crippen molar-refractivity contribution in [2.24, 2.45) is 17.8 Å². The van der Waals surface area contributed by atoms with Crippen LogP contribution in [0.2, 0.25) is 0 Å². The summed E-state index contributed by atoms with van der Waals surface area (Å²) in [6.07, 6.45) is -1.78. The largest absolute Gasteiger partial charge is 0.459 e. The number of allylic oxidation sites excluding steroid dienone is 1. The number of carbonyl (C=O) groups excluding carboxylic acids is 1. The smallest absolute Gasteiger partial charge is 0.431 e. The minimum atomic E-state index is -4.67. The van der Waals surface area contributed by atoms with Crippen LogP contribution in [-0.2, 0) is 9.53 Å². The number of hydrogen-bond donors (Lipinski definition) is 1. The topological polar surface area (TPSA) is 38.3 Å². The van der Waals surface area contributed by atoms with Crippen LogP contribution in [0.3, 0.4) is 0 Å². The Labute approximate surface area is 165 Å². The van der Waals surface area contributed by atoms with Crippen molar-refractivity contribution in [2.45, 2.75) is 65.3 Å². The minimum Gasteiger partial charge on any atom is -0.459 e. The number of alkyl halides is 3. The molecule has 3 nitrogen and oxygen atoms in total. The van der Waals surface area contributed by atoms with E-state index in [1.54, 1.807) is 37.3 Å². The van der Waals surface area contributed by atoms with E-state index in [1.165, 1.54) is 0 Å². The van der Waals surface area contributed by atoms with E-state index in [2.05, 4.69) is 26.1 Å². The van der Waals surface area contributed by atoms with Crippen LogP contribution in [0, 0.1) is 17.8 Å². The quantitative estimate of drug-likeness (QED) is 0.488. The number of ether oxygens (including phenoxy) is 1. The summed E-state index contributed by atoms with van der Waals surface area (Å²) in [5.41, 5.74) is -0.384. The Hall–Kier alpha value is -1.98. The predicted molar refractivity (Wildman–Crippen MR) is 103 cm³/mol. The highest BCUT2D eigenvalue weighted by atomic mass is 19.4. The van der Waals surface area contributed by atoms with E-state index in [1.807, 2.05) is 0 Å². The van der Waals surface area contributed by atoms with Gasteiger partial charge in [0.2, 0.25) is 0 Å². The maximum absolute atomic E-state index is 13.5. The second-order valence-corrected chi connectivity index (χ2v) is 8.13. The predicted octanol–water partition coefficient (Wildman–Crippen LogP) is 5.79. The van der Waals surface area contributed by atoms with Crippen LogP contribution in [-0.4, -0.2) is 18.2 Å². The summed E-state index contributed by atoms with van der Waals surface area (Å²) in [5.74, 6) is -0.0494. The molecule has 1 aliphatic carbocycles. The zero-order valence-corrected chi connectivity index (χ0v) is 16.9. The first kappa shape index (κ1) is 22.3. The standard InChI is InChI=1S/C22H30F3NO2/c1-14(2)18-11-10-15(3)12-19(18)28-21(27)13-20(22(23,24)25)26-16(4)17-8-6-5-7-9-17/h5-9,13-16,18-19,26H,10-12H2,1-4H3/b20-13-/t15-,16-,18+,19-/m1/s1. The summed E-state index contributed by atoms with van der Waals surface area (Å²) < 4.78 is 45.9. The van der Waals surface area contributed by atoms with Crippen molar-refractivity contribution in [1.29, 1.82) is 0 Å². The molecular weight excluding hydrogens is 367 g/mol. The fourth-order valence-corrected chi connectivity index (χ4v) is 3.81. The van der Waals surface area contributed by atoms with Gasteiger partial charge in [0.25, 0.3) is 0 Å². The van der Waals surface area contributed by atoms with Gasteiger partial charge in [0.05, 0.1) is 6.08 Å². The highest BCUT2D eigenvalue weighted by molar-refractivity contribution is 5.83. The van der Waals surface area contributed by atoms with Crippen molar-refractivity contribution in [2.75, 3.05) is 0 Å². The molecule has 0 aliphatic heterocycles. The van der Waals surface area contributed by atoms with Gasteiger partial charge in [-0.3, -0.25) is 0 Å². The fraction of sp³-hybridized carbons (Fsp3) is 0.591. The van der Waals surface area contributed by atoms with Gasteiger partial charge in [-0.25, -0.2) is 4.79 Å². The van der Waals surface area contributed by atoms with Gasteiger partial charge in [-0.05, 0) is 43.1 Å². The van der Waals surface area contributed by atoms with E-state index in [0.29, 0.717) is 29.9 Å². The highest BCUT2D eigenvalue weighted by Crippen LogP contribution is 2.35. The Morgan fingerprint density at radius 1 is 1.18 bits per heavy atom. The van der Waals surface area contributed by atoms with Gasteiger partial charge >= 0.3 is 12.1 Å². The molecule has 1 aliphatic rings. The number of esters is 1. The lowest BCUT2D eigenvalue weighted by molar-refractivity contribution is -0.150. The van der Waals surface area contributed by atoms with Crippen molar-refractivity contribution in [3.8, 4) is 0 Å². The van der Waals surface area contributed by atoms with E-state index < -0.39 is 23.9 Å². The molecular formula is C22H30F3NO2. The zero-order chi connectivity index (χ0) is 20.9. The molecule has 0 radical (unpaired) electrons. The van der Waals surface area contributed by atoms with Gasteiger partial charge in [-0.2, -0.15) is 13.2 Å². The second-order valence-electron chi connectivity index (χ2n) is 8.13. The van der Waals surface area contributed by atoms with Crippen LogP contribution >= 0.6 is 0 Å². The Kier molecular flexibility index (Phi) is 7.55. The number of carbonyl (C=O) groups is 1. The van der Waals surface area contributed by atoms with Crippen LogP contribution in [0.5, 0.6) is 0 Å². The summed E-state index contributed by atoms with van der Waals surface area (Å²) in [7, 11) is 0. The maximum atomic E-state index is 13.5. The summed E-state index contributed by atoms with van der Waals surface area (Å²) in [6, 6.07) is 8.19. The van der Waals surface area contributed by atoms with E-state index in [9.17, 15) is 18.0 Å². The van der Waals surface area contributed by atoms with Crippen LogP contribution in [0.25, 0.3) is 0 Å². The molecule has 1 aromatic rings. The van der Waals surface area contributed by atoms with Crippen molar-refractivity contribution in [3.05, 3.63) is 47.7 Å². The average Bonchev–Trinajstić information content (AvgIpc) is 2.60. The molecule has 28 heavy (non-hydrogen) atoms. The number of rotatable bonds is 6. The summed E-state index contributed by atoms with van der Waals surface area (Å²) in [5, 5.41) is 2.42. The van der Waals surface area contributed by atoms with Gasteiger partial charge in [-0.1, -0.05) is 57.5 Å². The molecule has 0 amide bonds. The maximum Gasteiger partial charge on any atom is 0.431 e. The van der Waals surface area contributed by atoms with Gasteiger partial charge in [-0.15, -0.1) is 0 Å². The minimum absolute atomic E-state index is 0.180. The Morgan fingerprint density at radius 3 is 2.39 bits per heavy atom. The van der Waals surface area contributed by atoms with Gasteiger partial charge in [0.1, 0.15) is 11.8 Å². The van der Waals surface area contributed by atoms with Gasteiger partial charge < -0.3 is 10.1 Å². The third kappa shape index (κ3) is 6.28. The average molecular weight is 397 g/mol. The van der Waals surface area contributed by atoms with Crippen LogP contribution in [0.15, 0.2) is 42.1 Å². The molecule has 4 atom stereocenters. The van der Waals surface area contributed by atoms with Crippen LogP contribution in [0.4, 0.5) is 13.2 Å². The van der Waals surface area contributed by atoms with Crippen molar-refractivity contribution < 1.29 is 22.7 Å². The van der Waals surface area contributed by atoms with E-state index in [-0.39, 0.29) is 12.0 Å². The molecule has 0 bridgehead atoms. The van der Waals surface area contributed by atoms with Crippen molar-refractivity contribution in [3.63, 3.8) is 0 Å². The SMILES string of the molecule is CC(C)[C@@H]1CC[C@@H](C)C[C@H]1OC(=O)/C=C(\N[C@H](C)c1ccccc1)C(F)(F)F. The molecule has 1 aromatic carbocycles. The molecule has 2 rings (SSSR count). The molecule has 0 saturated heterocycles. The molecule has 1 saturated carbocycles. The van der Waals surface area contributed by atoms with Crippen molar-refractivity contribution in [1.82, 2.24) is 5.32 Å². The Morgan fingerprint density at radius 2 is 1.82 bits per heavy atom. The van der Waals surface area contributed by atoms with Gasteiger partial charge in [0.15, 0.2) is 0 Å². The molecule has 0 aromatic heterocycles. The number of benzene rings is 1. The molecule has 0 heterocycles. The first-order chi connectivity index (χ1) is 13.1. The first-order valence-electron chi connectivity index (χ1n) is 9.89. The lowest BCUT2D eigenvalue weighted by Crippen LogP contribution is -2.36. The summed E-state index contributed by atoms with van der Waals surface area (Å²) >= 11 is 0. The second kappa shape index (κ2) is 9.48. The summed E-state index contributed by atoms with van der Waals surface area (Å²) in [4.78, 5) is 12.3. The molecule has 156 valence electrons. The highest BCUT2D eigenvalue weighted by Gasteiger charge is 2.37. The van der Waals surface area contributed by atoms with E-state index >= 15 is 0 Å². The van der Waals surface area contributed by atoms with E-state index in [4.69, 9.17) is 4.74 Å². The van der Waals surface area contributed by atoms with Crippen LogP contribution in [0.1, 0.15) is 58.6 Å². The summed E-state index contributed by atoms with van der Waals surface area (Å²) in [6.45, 7) is 7.82. The molecule has 1 N–H and O–H groups in total. The molecule has 6 heteroatoms. The Bertz CT molecular complexity index is 670. The third-order valence-corrected chi connectivity index (χ3v) is 5.47. The lowest BCUT2D eigenvalue weighted by atomic mass is 9.75. The molecule has 1 fully saturated rings. The number of hydrogen-bond acceptors (Lipinski definition) is 3. The third-order valence-electron chi connectivity index (χ3n) is 5.47.